The summed E-state index contributed by atoms with van der Waals surface area (Å²) < 4.78 is 5.35. The molecule has 0 spiro atoms. The first-order valence-corrected chi connectivity index (χ1v) is 9.02. The highest BCUT2D eigenvalue weighted by molar-refractivity contribution is 14.0. The van der Waals surface area contributed by atoms with Gasteiger partial charge in [0.1, 0.15) is 0 Å². The molecule has 0 aliphatic carbocycles. The summed E-state index contributed by atoms with van der Waals surface area (Å²) in [6.07, 6.45) is 4.53. The van der Waals surface area contributed by atoms with E-state index < -0.39 is 5.60 Å². The van der Waals surface area contributed by atoms with Crippen molar-refractivity contribution < 1.29 is 9.84 Å². The molecule has 1 atom stereocenters. The average molecular weight is 477 g/mol. The van der Waals surface area contributed by atoms with E-state index in [2.05, 4.69) is 31.6 Å². The third-order valence-electron chi connectivity index (χ3n) is 4.02. The summed E-state index contributed by atoms with van der Waals surface area (Å²) in [5, 5.41) is 17.2. The van der Waals surface area contributed by atoms with Crippen LogP contribution in [0.5, 0.6) is 0 Å². The van der Waals surface area contributed by atoms with Gasteiger partial charge in [0, 0.05) is 45.1 Å². The van der Waals surface area contributed by atoms with Crippen LogP contribution in [-0.4, -0.2) is 79.0 Å². The lowest BCUT2D eigenvalue weighted by Crippen LogP contribution is -2.48. The van der Waals surface area contributed by atoms with Crippen molar-refractivity contribution in [1.82, 2.24) is 20.5 Å². The van der Waals surface area contributed by atoms with Gasteiger partial charge in [-0.25, -0.2) is 0 Å². The van der Waals surface area contributed by atoms with Crippen molar-refractivity contribution in [2.75, 3.05) is 52.5 Å². The highest BCUT2D eigenvalue weighted by atomic mass is 127. The van der Waals surface area contributed by atoms with E-state index in [1.807, 2.05) is 26.1 Å². The molecular weight excluding hydrogens is 445 g/mol. The first-order valence-electron chi connectivity index (χ1n) is 9.02. The Bertz CT molecular complexity index is 522. The second kappa shape index (κ2) is 12.4. The number of morpholine rings is 1. The quantitative estimate of drug-likeness (QED) is 0.293. The normalized spacial score (nSPS) is 17.9. The molecule has 1 aliphatic rings. The zero-order valence-corrected chi connectivity index (χ0v) is 18.1. The van der Waals surface area contributed by atoms with Crippen molar-refractivity contribution in [1.29, 1.82) is 0 Å². The van der Waals surface area contributed by atoms with E-state index in [0.717, 1.165) is 51.8 Å². The molecule has 1 aromatic rings. The van der Waals surface area contributed by atoms with Gasteiger partial charge in [0.25, 0.3) is 0 Å². The molecule has 1 saturated heterocycles. The summed E-state index contributed by atoms with van der Waals surface area (Å²) in [7, 11) is 0. The lowest BCUT2D eigenvalue weighted by Gasteiger charge is -2.33. The van der Waals surface area contributed by atoms with E-state index >= 15 is 0 Å². The van der Waals surface area contributed by atoms with Crippen LogP contribution in [0.25, 0.3) is 0 Å². The molecule has 0 bridgehead atoms. The number of rotatable bonds is 8. The van der Waals surface area contributed by atoms with E-state index in [1.165, 1.54) is 5.56 Å². The number of β-amino-alcohol motifs (C(OH)–C–C–N with tert-alkyl or cyclic N) is 1. The highest BCUT2D eigenvalue weighted by Gasteiger charge is 2.25. The zero-order chi connectivity index (χ0) is 18.0. The predicted octanol–water partition coefficient (Wildman–Crippen LogP) is 0.880. The molecule has 8 heteroatoms. The Morgan fingerprint density at radius 3 is 2.81 bits per heavy atom. The number of aliphatic imine (C=N–C) groups is 1. The fourth-order valence-electron chi connectivity index (χ4n) is 2.75. The van der Waals surface area contributed by atoms with Crippen molar-refractivity contribution in [3.63, 3.8) is 0 Å². The monoisotopic (exact) mass is 477 g/mol. The second-order valence-corrected chi connectivity index (χ2v) is 6.62. The Morgan fingerprint density at radius 2 is 2.15 bits per heavy atom. The molecule has 2 rings (SSSR count). The lowest BCUT2D eigenvalue weighted by atomic mass is 10.1. The topological polar surface area (TPSA) is 82.0 Å². The number of hydrogen-bond donors (Lipinski definition) is 3. The van der Waals surface area contributed by atoms with Gasteiger partial charge in [-0.05, 0) is 31.9 Å². The smallest absolute Gasteiger partial charge is 0.191 e. The zero-order valence-electron chi connectivity index (χ0n) is 15.8. The number of guanidine groups is 1. The molecule has 0 saturated carbocycles. The molecule has 3 N–H and O–H groups in total. The number of hydrogen-bond acceptors (Lipinski definition) is 5. The third-order valence-corrected chi connectivity index (χ3v) is 4.02. The van der Waals surface area contributed by atoms with E-state index in [1.54, 1.807) is 6.20 Å². The fourth-order valence-corrected chi connectivity index (χ4v) is 2.75. The number of ether oxygens (including phenoxy) is 1. The van der Waals surface area contributed by atoms with Crippen LogP contribution in [-0.2, 0) is 11.2 Å². The molecule has 1 aromatic heterocycles. The third kappa shape index (κ3) is 9.11. The molecule has 0 aromatic carbocycles. The van der Waals surface area contributed by atoms with E-state index in [9.17, 15) is 5.11 Å². The summed E-state index contributed by atoms with van der Waals surface area (Å²) >= 11 is 0. The largest absolute Gasteiger partial charge is 0.387 e. The summed E-state index contributed by atoms with van der Waals surface area (Å²) in [5.41, 5.74) is 0.327. The molecule has 1 aliphatic heterocycles. The first kappa shape index (κ1) is 23.1. The Morgan fingerprint density at radius 1 is 1.38 bits per heavy atom. The Kier molecular flexibility index (Phi) is 11.0. The molecule has 2 heterocycles. The van der Waals surface area contributed by atoms with Crippen molar-refractivity contribution in [2.24, 2.45) is 4.99 Å². The van der Waals surface area contributed by atoms with Crippen molar-refractivity contribution in [3.05, 3.63) is 30.1 Å². The summed E-state index contributed by atoms with van der Waals surface area (Å²) in [5.74, 6) is 0.730. The van der Waals surface area contributed by atoms with Crippen molar-refractivity contribution in [3.8, 4) is 0 Å². The van der Waals surface area contributed by atoms with Crippen LogP contribution in [0, 0.1) is 0 Å². The number of nitrogens with zero attached hydrogens (tertiary/aromatic N) is 3. The Hall–Kier alpha value is -0.970. The second-order valence-electron chi connectivity index (χ2n) is 6.62. The summed E-state index contributed by atoms with van der Waals surface area (Å²) in [4.78, 5) is 10.9. The number of nitrogens with one attached hydrogen (secondary N) is 2. The van der Waals surface area contributed by atoms with Crippen LogP contribution < -0.4 is 10.6 Å². The van der Waals surface area contributed by atoms with Gasteiger partial charge in [-0.15, -0.1) is 24.0 Å². The van der Waals surface area contributed by atoms with Gasteiger partial charge < -0.3 is 20.5 Å². The maximum Gasteiger partial charge on any atom is 0.191 e. The van der Waals surface area contributed by atoms with Gasteiger partial charge in [-0.1, -0.05) is 6.07 Å². The molecule has 0 radical (unpaired) electrons. The van der Waals surface area contributed by atoms with Crippen LogP contribution in [0.1, 0.15) is 19.4 Å². The van der Waals surface area contributed by atoms with E-state index in [4.69, 9.17) is 4.74 Å². The molecule has 26 heavy (non-hydrogen) atoms. The van der Waals surface area contributed by atoms with Crippen LogP contribution in [0.15, 0.2) is 29.5 Å². The molecule has 148 valence electrons. The summed E-state index contributed by atoms with van der Waals surface area (Å²) in [6, 6.07) is 4.00. The maximum atomic E-state index is 10.6. The van der Waals surface area contributed by atoms with Crippen molar-refractivity contribution in [2.45, 2.75) is 25.9 Å². The molecular formula is C18H32IN5O2. The van der Waals surface area contributed by atoms with Crippen molar-refractivity contribution >= 4 is 29.9 Å². The minimum absolute atomic E-state index is 0. The number of halogens is 1. The number of pyridine rings is 1. The van der Waals surface area contributed by atoms with Gasteiger partial charge in [-0.2, -0.15) is 0 Å². The fraction of sp³-hybridized carbons (Fsp3) is 0.667. The molecule has 1 fully saturated rings. The van der Waals surface area contributed by atoms with Gasteiger partial charge in [0.15, 0.2) is 5.96 Å². The van der Waals surface area contributed by atoms with E-state index in [-0.39, 0.29) is 24.0 Å². The van der Waals surface area contributed by atoms with Gasteiger partial charge >= 0.3 is 0 Å². The van der Waals surface area contributed by atoms with Crippen LogP contribution in [0.2, 0.25) is 0 Å². The first-order chi connectivity index (χ1) is 12.1. The van der Waals surface area contributed by atoms with Crippen LogP contribution in [0.3, 0.4) is 0 Å². The number of aromatic nitrogens is 1. The Labute approximate surface area is 173 Å². The van der Waals surface area contributed by atoms with Crippen LogP contribution >= 0.6 is 24.0 Å². The minimum atomic E-state index is -0.858. The average Bonchev–Trinajstić information content (AvgIpc) is 2.61. The Balaban J connectivity index is 0.00000338. The number of aliphatic hydroxyl groups is 1. The summed E-state index contributed by atoms with van der Waals surface area (Å²) in [6.45, 7) is 9.58. The van der Waals surface area contributed by atoms with Gasteiger partial charge in [0.05, 0.1) is 25.4 Å². The predicted molar refractivity (Wildman–Crippen MR) is 115 cm³/mol. The van der Waals surface area contributed by atoms with Crippen LogP contribution in [0.4, 0.5) is 0 Å². The highest BCUT2D eigenvalue weighted by Crippen LogP contribution is 2.09. The van der Waals surface area contributed by atoms with Gasteiger partial charge in [0.2, 0.25) is 0 Å². The van der Waals surface area contributed by atoms with E-state index in [0.29, 0.717) is 13.1 Å². The maximum absolute atomic E-state index is 10.6. The molecule has 0 amide bonds. The molecule has 7 nitrogen and oxygen atoms in total. The minimum Gasteiger partial charge on any atom is -0.387 e. The molecule has 1 unspecified atom stereocenters. The lowest BCUT2D eigenvalue weighted by molar-refractivity contribution is -0.0179. The SMILES string of the molecule is CCNC(=NCC(C)(O)CN1CCOCC1)NCCc1cccnc1.I. The van der Waals surface area contributed by atoms with Gasteiger partial charge in [-0.3, -0.25) is 14.9 Å². The standard InChI is InChI=1S/C18H31N5O2.HI/c1-3-20-17(21-8-6-16-5-4-7-19-13-16)22-14-18(2,24)15-23-9-11-25-12-10-23;/h4-5,7,13,24H,3,6,8-12,14-15H2,1-2H3,(H2,20,21,22);1H.